The average Bonchev–Trinajstić information content (AvgIpc) is 3.13. The Labute approximate surface area is 131 Å². The van der Waals surface area contributed by atoms with E-state index in [1.165, 1.54) is 11.1 Å². The van der Waals surface area contributed by atoms with Crippen LogP contribution in [0, 0.1) is 0 Å². The molecule has 1 N–H and O–H groups in total. The van der Waals surface area contributed by atoms with Crippen molar-refractivity contribution in [3.8, 4) is 0 Å². The first-order chi connectivity index (χ1) is 10.3. The molecule has 5 heteroatoms. The molecular formula is C16H16BrN3O. The highest BCUT2D eigenvalue weighted by Gasteiger charge is 2.00. The number of aromatic nitrogens is 2. The molecule has 1 aromatic carbocycles. The van der Waals surface area contributed by atoms with Gasteiger partial charge in [0.2, 0.25) is 0 Å². The van der Waals surface area contributed by atoms with E-state index in [1.54, 1.807) is 6.20 Å². The lowest BCUT2D eigenvalue weighted by Gasteiger charge is -2.06. The van der Waals surface area contributed by atoms with Gasteiger partial charge in [0.1, 0.15) is 5.76 Å². The molecule has 2 aromatic heterocycles. The van der Waals surface area contributed by atoms with E-state index >= 15 is 0 Å². The zero-order valence-corrected chi connectivity index (χ0v) is 13.1. The molecule has 0 unspecified atom stereocenters. The summed E-state index contributed by atoms with van der Waals surface area (Å²) in [7, 11) is 0. The van der Waals surface area contributed by atoms with Crippen LogP contribution in [-0.4, -0.2) is 9.55 Å². The van der Waals surface area contributed by atoms with Gasteiger partial charge in [-0.15, -0.1) is 0 Å². The number of benzene rings is 1. The highest BCUT2D eigenvalue weighted by atomic mass is 79.9. The molecule has 0 aliphatic carbocycles. The number of halogens is 1. The molecule has 0 aliphatic rings. The fraction of sp³-hybridized carbons (Fsp3) is 0.188. The maximum absolute atomic E-state index is 5.44. The summed E-state index contributed by atoms with van der Waals surface area (Å²) in [6.07, 6.45) is 5.60. The summed E-state index contributed by atoms with van der Waals surface area (Å²) in [4.78, 5) is 4.05. The lowest BCUT2D eigenvalue weighted by atomic mass is 10.1. The van der Waals surface area contributed by atoms with Gasteiger partial charge in [0.15, 0.2) is 4.67 Å². The number of nitrogens with zero attached hydrogens (tertiary/aromatic N) is 2. The van der Waals surface area contributed by atoms with Crippen LogP contribution in [-0.2, 0) is 19.6 Å². The van der Waals surface area contributed by atoms with Crippen molar-refractivity contribution in [2.45, 2.75) is 19.6 Å². The van der Waals surface area contributed by atoms with Crippen molar-refractivity contribution in [1.29, 1.82) is 0 Å². The van der Waals surface area contributed by atoms with Gasteiger partial charge in [-0.05, 0) is 39.2 Å². The molecule has 0 spiro atoms. The largest absolute Gasteiger partial charge is 0.453 e. The van der Waals surface area contributed by atoms with Crippen LogP contribution in [0.25, 0.3) is 0 Å². The Morgan fingerprint density at radius 2 is 1.86 bits per heavy atom. The number of hydrogen-bond donors (Lipinski definition) is 1. The Bertz CT molecular complexity index is 674. The summed E-state index contributed by atoms with van der Waals surface area (Å²) in [6.45, 7) is 2.40. The van der Waals surface area contributed by atoms with Crippen LogP contribution >= 0.6 is 15.9 Å². The fourth-order valence-corrected chi connectivity index (χ4v) is 2.47. The first-order valence-corrected chi connectivity index (χ1v) is 7.57. The van der Waals surface area contributed by atoms with Crippen molar-refractivity contribution in [2.75, 3.05) is 0 Å². The van der Waals surface area contributed by atoms with Gasteiger partial charge < -0.3 is 14.3 Å². The minimum Gasteiger partial charge on any atom is -0.453 e. The molecule has 0 bridgehead atoms. The minimum absolute atomic E-state index is 0.725. The second-order valence-corrected chi connectivity index (χ2v) is 5.64. The SMILES string of the molecule is Brc1ccc(CNCc2ccc(Cn3ccnc3)cc2)o1. The monoisotopic (exact) mass is 345 g/mol. The van der Waals surface area contributed by atoms with Crippen LogP contribution in [0.4, 0.5) is 0 Å². The van der Waals surface area contributed by atoms with E-state index < -0.39 is 0 Å². The summed E-state index contributed by atoms with van der Waals surface area (Å²) in [6, 6.07) is 12.5. The van der Waals surface area contributed by atoms with Crippen LogP contribution < -0.4 is 5.32 Å². The molecule has 4 nitrogen and oxygen atoms in total. The first kappa shape index (κ1) is 14.1. The predicted molar refractivity (Wildman–Crippen MR) is 84.7 cm³/mol. The Morgan fingerprint density at radius 1 is 1.05 bits per heavy atom. The van der Waals surface area contributed by atoms with Crippen LogP contribution in [0.3, 0.4) is 0 Å². The van der Waals surface area contributed by atoms with E-state index in [2.05, 4.69) is 55.1 Å². The minimum atomic E-state index is 0.725. The van der Waals surface area contributed by atoms with E-state index in [1.807, 2.05) is 24.7 Å². The van der Waals surface area contributed by atoms with Crippen LogP contribution in [0.5, 0.6) is 0 Å². The van der Waals surface area contributed by atoms with Crippen molar-refractivity contribution in [3.05, 3.63) is 76.7 Å². The summed E-state index contributed by atoms with van der Waals surface area (Å²) in [5, 5.41) is 3.37. The molecule has 0 amide bonds. The van der Waals surface area contributed by atoms with Gasteiger partial charge in [0, 0.05) is 25.5 Å². The maximum Gasteiger partial charge on any atom is 0.169 e. The number of rotatable bonds is 6. The third-order valence-corrected chi connectivity index (χ3v) is 3.63. The van der Waals surface area contributed by atoms with Crippen molar-refractivity contribution in [2.24, 2.45) is 0 Å². The standard InChI is InChI=1S/C16H16BrN3O/c17-16-6-5-15(21-16)10-19-9-13-1-3-14(4-2-13)11-20-8-7-18-12-20/h1-8,12,19H,9-11H2. The Morgan fingerprint density at radius 3 is 2.52 bits per heavy atom. The average molecular weight is 346 g/mol. The smallest absolute Gasteiger partial charge is 0.169 e. The second kappa shape index (κ2) is 6.74. The van der Waals surface area contributed by atoms with E-state index in [9.17, 15) is 0 Å². The number of nitrogens with one attached hydrogen (secondary N) is 1. The quantitative estimate of drug-likeness (QED) is 0.742. The Hall–Kier alpha value is -1.85. The molecule has 0 fully saturated rings. The molecule has 3 aromatic rings. The molecule has 0 atom stereocenters. The van der Waals surface area contributed by atoms with Crippen LogP contribution in [0.1, 0.15) is 16.9 Å². The lowest BCUT2D eigenvalue weighted by Crippen LogP contribution is -2.12. The van der Waals surface area contributed by atoms with Crippen molar-refractivity contribution in [3.63, 3.8) is 0 Å². The van der Waals surface area contributed by atoms with Gasteiger partial charge in [-0.3, -0.25) is 0 Å². The molecule has 0 aliphatic heterocycles. The highest BCUT2D eigenvalue weighted by molar-refractivity contribution is 9.10. The molecular weight excluding hydrogens is 330 g/mol. The van der Waals surface area contributed by atoms with E-state index in [4.69, 9.17) is 4.42 Å². The number of imidazole rings is 1. The van der Waals surface area contributed by atoms with E-state index in [-0.39, 0.29) is 0 Å². The molecule has 0 radical (unpaired) electrons. The van der Waals surface area contributed by atoms with Gasteiger partial charge in [0.25, 0.3) is 0 Å². The van der Waals surface area contributed by atoms with E-state index in [0.717, 1.165) is 30.1 Å². The highest BCUT2D eigenvalue weighted by Crippen LogP contribution is 2.14. The first-order valence-electron chi connectivity index (χ1n) is 6.78. The summed E-state index contributed by atoms with van der Waals surface area (Å²) in [5.74, 6) is 0.929. The normalized spacial score (nSPS) is 10.9. The number of hydrogen-bond acceptors (Lipinski definition) is 3. The molecule has 3 rings (SSSR count). The van der Waals surface area contributed by atoms with Crippen molar-refractivity contribution in [1.82, 2.24) is 14.9 Å². The maximum atomic E-state index is 5.44. The predicted octanol–water partition coefficient (Wildman–Crippen LogP) is 3.58. The van der Waals surface area contributed by atoms with Gasteiger partial charge in [-0.25, -0.2) is 4.98 Å². The van der Waals surface area contributed by atoms with Gasteiger partial charge in [-0.2, -0.15) is 0 Å². The topological polar surface area (TPSA) is 43.0 Å². The molecule has 108 valence electrons. The lowest BCUT2D eigenvalue weighted by molar-refractivity contribution is 0.465. The summed E-state index contributed by atoms with van der Waals surface area (Å²) < 4.78 is 8.27. The Kier molecular flexibility index (Phi) is 4.52. The zero-order chi connectivity index (χ0) is 14.5. The van der Waals surface area contributed by atoms with Gasteiger partial charge in [0.05, 0.1) is 12.9 Å². The van der Waals surface area contributed by atoms with E-state index in [0.29, 0.717) is 0 Å². The van der Waals surface area contributed by atoms with Crippen LogP contribution in [0.2, 0.25) is 0 Å². The van der Waals surface area contributed by atoms with Gasteiger partial charge >= 0.3 is 0 Å². The summed E-state index contributed by atoms with van der Waals surface area (Å²) in [5.41, 5.74) is 2.53. The second-order valence-electron chi connectivity index (χ2n) is 4.86. The zero-order valence-electron chi connectivity index (χ0n) is 11.5. The Balaban J connectivity index is 1.50. The summed E-state index contributed by atoms with van der Waals surface area (Å²) >= 11 is 3.30. The molecule has 0 saturated carbocycles. The number of furan rings is 1. The molecule has 0 saturated heterocycles. The molecule has 2 heterocycles. The fourth-order valence-electron chi connectivity index (χ4n) is 2.13. The van der Waals surface area contributed by atoms with Crippen LogP contribution in [0.15, 0.2) is 64.2 Å². The van der Waals surface area contributed by atoms with Crippen molar-refractivity contribution < 1.29 is 4.42 Å². The third kappa shape index (κ3) is 4.06. The van der Waals surface area contributed by atoms with Gasteiger partial charge in [-0.1, -0.05) is 24.3 Å². The molecule has 21 heavy (non-hydrogen) atoms. The van der Waals surface area contributed by atoms with Crippen molar-refractivity contribution >= 4 is 15.9 Å². The third-order valence-electron chi connectivity index (χ3n) is 3.20.